The van der Waals surface area contributed by atoms with Crippen molar-refractivity contribution < 1.29 is 4.79 Å². The average Bonchev–Trinajstić information content (AvgIpc) is 2.34. The number of unbranched alkanes of at least 4 members (excludes halogenated alkanes) is 1. The van der Waals surface area contributed by atoms with Crippen LogP contribution in [0.15, 0.2) is 0 Å². The van der Waals surface area contributed by atoms with Crippen molar-refractivity contribution in [3.05, 3.63) is 0 Å². The highest BCUT2D eigenvalue weighted by Crippen LogP contribution is 2.35. The molecule has 0 bridgehead atoms. The van der Waals surface area contributed by atoms with Gasteiger partial charge in [0.15, 0.2) is 0 Å². The highest BCUT2D eigenvalue weighted by Gasteiger charge is 2.30. The highest BCUT2D eigenvalue weighted by molar-refractivity contribution is 5.73. The van der Waals surface area contributed by atoms with Gasteiger partial charge in [0, 0.05) is 13.0 Å². The Morgan fingerprint density at radius 2 is 1.88 bits per heavy atom. The van der Waals surface area contributed by atoms with Crippen LogP contribution < -0.4 is 5.73 Å². The van der Waals surface area contributed by atoms with Crippen LogP contribution in [0.4, 0.5) is 0 Å². The largest absolute Gasteiger partial charge is 0.370 e. The lowest BCUT2D eigenvalue weighted by atomic mass is 9.75. The van der Waals surface area contributed by atoms with Gasteiger partial charge in [0.2, 0.25) is 5.91 Å². The predicted molar refractivity (Wildman–Crippen MR) is 69.6 cm³/mol. The van der Waals surface area contributed by atoms with Crippen LogP contribution in [0.3, 0.4) is 0 Å². The van der Waals surface area contributed by atoms with Crippen molar-refractivity contribution in [1.82, 2.24) is 4.90 Å². The minimum Gasteiger partial charge on any atom is -0.370 e. The van der Waals surface area contributed by atoms with Crippen LogP contribution in [0.5, 0.6) is 0 Å². The maximum Gasteiger partial charge on any atom is 0.217 e. The highest BCUT2D eigenvalue weighted by atomic mass is 16.1. The van der Waals surface area contributed by atoms with E-state index in [0.717, 1.165) is 31.2 Å². The quantitative estimate of drug-likeness (QED) is 0.746. The first-order valence-electron chi connectivity index (χ1n) is 7.26. The molecule has 2 N–H and O–H groups in total. The number of hydrogen-bond acceptors (Lipinski definition) is 2. The van der Waals surface area contributed by atoms with Gasteiger partial charge in [-0.05, 0) is 50.6 Å². The van der Waals surface area contributed by atoms with Crippen LogP contribution in [-0.4, -0.2) is 30.4 Å². The number of hydrogen-bond donors (Lipinski definition) is 1. The molecule has 0 aromatic rings. The molecule has 98 valence electrons. The molecule has 2 aliphatic rings. The van der Waals surface area contributed by atoms with E-state index in [0.29, 0.717) is 6.42 Å². The Labute approximate surface area is 105 Å². The average molecular weight is 238 g/mol. The van der Waals surface area contributed by atoms with Crippen LogP contribution >= 0.6 is 0 Å². The molecule has 2 fully saturated rings. The van der Waals surface area contributed by atoms with Gasteiger partial charge >= 0.3 is 0 Å². The molecule has 1 amide bonds. The Bertz CT molecular complexity index is 255. The number of carbonyl (C=O) groups is 1. The van der Waals surface area contributed by atoms with E-state index in [1.54, 1.807) is 0 Å². The maximum atomic E-state index is 10.6. The third kappa shape index (κ3) is 3.98. The maximum absolute atomic E-state index is 10.6. The lowest BCUT2D eigenvalue weighted by molar-refractivity contribution is -0.118. The molecule has 17 heavy (non-hydrogen) atoms. The van der Waals surface area contributed by atoms with Crippen molar-refractivity contribution in [3.8, 4) is 0 Å². The summed E-state index contributed by atoms with van der Waals surface area (Å²) in [5.41, 5.74) is 5.15. The van der Waals surface area contributed by atoms with Crippen molar-refractivity contribution >= 4 is 5.91 Å². The summed E-state index contributed by atoms with van der Waals surface area (Å²) in [6.45, 7) is 3.75. The lowest BCUT2D eigenvalue weighted by Crippen LogP contribution is -2.42. The molecule has 2 unspecified atom stereocenters. The lowest BCUT2D eigenvalue weighted by Gasteiger charge is -2.41. The van der Waals surface area contributed by atoms with Gasteiger partial charge < -0.3 is 10.6 Å². The Kier molecular flexibility index (Phi) is 4.84. The smallest absolute Gasteiger partial charge is 0.217 e. The molecule has 2 rings (SSSR count). The number of primary amides is 1. The molecule has 0 aromatic carbocycles. The third-order valence-corrected chi connectivity index (χ3v) is 4.52. The fourth-order valence-corrected chi connectivity index (χ4v) is 3.51. The summed E-state index contributed by atoms with van der Waals surface area (Å²) in [5, 5.41) is 0. The number of fused-ring (bicyclic) bond motifs is 1. The zero-order chi connectivity index (χ0) is 12.1. The van der Waals surface area contributed by atoms with E-state index in [4.69, 9.17) is 5.73 Å². The first-order chi connectivity index (χ1) is 8.25. The van der Waals surface area contributed by atoms with Gasteiger partial charge in [0.1, 0.15) is 0 Å². The molecule has 3 nitrogen and oxygen atoms in total. The molecular formula is C14H26N2O. The molecule has 0 radical (unpaired) electrons. The minimum absolute atomic E-state index is 0.156. The molecule has 2 atom stereocenters. The van der Waals surface area contributed by atoms with Crippen molar-refractivity contribution in [1.29, 1.82) is 0 Å². The van der Waals surface area contributed by atoms with Crippen LogP contribution in [-0.2, 0) is 4.79 Å². The molecule has 1 saturated heterocycles. The standard InChI is InChI=1S/C14H26N2O/c15-14(17)7-3-4-9-16-10-8-12-5-1-2-6-13(12)11-16/h12-13H,1-11H2,(H2,15,17). The fourth-order valence-electron chi connectivity index (χ4n) is 3.51. The number of nitrogens with zero attached hydrogens (tertiary/aromatic N) is 1. The molecule has 3 heteroatoms. The van der Waals surface area contributed by atoms with Crippen molar-refractivity contribution in [3.63, 3.8) is 0 Å². The summed E-state index contributed by atoms with van der Waals surface area (Å²) in [4.78, 5) is 13.3. The van der Waals surface area contributed by atoms with Gasteiger partial charge in [-0.25, -0.2) is 0 Å². The molecular weight excluding hydrogens is 212 g/mol. The zero-order valence-electron chi connectivity index (χ0n) is 10.9. The molecule has 1 saturated carbocycles. The number of amides is 1. The second kappa shape index (κ2) is 6.39. The van der Waals surface area contributed by atoms with E-state index >= 15 is 0 Å². The topological polar surface area (TPSA) is 46.3 Å². The monoisotopic (exact) mass is 238 g/mol. The fraction of sp³-hybridized carbons (Fsp3) is 0.929. The minimum atomic E-state index is -0.156. The summed E-state index contributed by atoms with van der Waals surface area (Å²) in [6.07, 6.45) is 9.86. The number of likely N-dealkylation sites (tertiary alicyclic amines) is 1. The van der Waals surface area contributed by atoms with Gasteiger partial charge in [-0.3, -0.25) is 4.79 Å². The van der Waals surface area contributed by atoms with Gasteiger partial charge in [-0.1, -0.05) is 19.3 Å². The van der Waals surface area contributed by atoms with Crippen LogP contribution in [0.1, 0.15) is 51.4 Å². The van der Waals surface area contributed by atoms with Gasteiger partial charge in [-0.15, -0.1) is 0 Å². The predicted octanol–water partition coefficient (Wildman–Crippen LogP) is 2.15. The molecule has 1 aliphatic heterocycles. The Hall–Kier alpha value is -0.570. The number of nitrogens with two attached hydrogens (primary N) is 1. The van der Waals surface area contributed by atoms with Crippen molar-refractivity contribution in [2.24, 2.45) is 17.6 Å². The van der Waals surface area contributed by atoms with Crippen LogP contribution in [0.2, 0.25) is 0 Å². The van der Waals surface area contributed by atoms with E-state index < -0.39 is 0 Å². The Morgan fingerprint density at radius 1 is 1.12 bits per heavy atom. The zero-order valence-corrected chi connectivity index (χ0v) is 10.9. The summed E-state index contributed by atoms with van der Waals surface area (Å²) in [7, 11) is 0. The van der Waals surface area contributed by atoms with E-state index in [1.807, 2.05) is 0 Å². The SMILES string of the molecule is NC(=O)CCCCN1CCC2CCCCC2C1. The Morgan fingerprint density at radius 3 is 2.65 bits per heavy atom. The first-order valence-corrected chi connectivity index (χ1v) is 7.26. The third-order valence-electron chi connectivity index (χ3n) is 4.52. The summed E-state index contributed by atoms with van der Waals surface area (Å²) >= 11 is 0. The second-order valence-electron chi connectivity index (χ2n) is 5.82. The summed E-state index contributed by atoms with van der Waals surface area (Å²) in [5.74, 6) is 1.83. The number of rotatable bonds is 5. The van der Waals surface area contributed by atoms with Crippen molar-refractivity contribution in [2.45, 2.75) is 51.4 Å². The molecule has 0 spiro atoms. The summed E-state index contributed by atoms with van der Waals surface area (Å²) < 4.78 is 0. The van der Waals surface area contributed by atoms with Crippen LogP contribution in [0, 0.1) is 11.8 Å². The molecule has 1 heterocycles. The number of carbonyl (C=O) groups excluding carboxylic acids is 1. The molecule has 0 aromatic heterocycles. The molecule has 1 aliphatic carbocycles. The first kappa shape index (κ1) is 12.9. The van der Waals surface area contributed by atoms with Crippen molar-refractivity contribution in [2.75, 3.05) is 19.6 Å². The van der Waals surface area contributed by atoms with Gasteiger partial charge in [0.05, 0.1) is 0 Å². The summed E-state index contributed by atoms with van der Waals surface area (Å²) in [6, 6.07) is 0. The van der Waals surface area contributed by atoms with E-state index in [2.05, 4.69) is 4.90 Å². The normalized spacial score (nSPS) is 29.9. The van der Waals surface area contributed by atoms with Crippen LogP contribution in [0.25, 0.3) is 0 Å². The van der Waals surface area contributed by atoms with Gasteiger partial charge in [0.25, 0.3) is 0 Å². The van der Waals surface area contributed by atoms with E-state index in [9.17, 15) is 4.79 Å². The number of piperidine rings is 1. The van der Waals surface area contributed by atoms with Gasteiger partial charge in [-0.2, -0.15) is 0 Å². The van der Waals surface area contributed by atoms with E-state index in [-0.39, 0.29) is 5.91 Å². The second-order valence-corrected chi connectivity index (χ2v) is 5.82. The Balaban J connectivity index is 1.64. The van der Waals surface area contributed by atoms with E-state index in [1.165, 1.54) is 45.2 Å².